The maximum absolute atomic E-state index is 5.39. The molecule has 0 amide bonds. The van der Waals surface area contributed by atoms with Gasteiger partial charge < -0.3 is 14.0 Å². The molecule has 0 aliphatic heterocycles. The van der Waals surface area contributed by atoms with Gasteiger partial charge in [-0.3, -0.25) is 0 Å². The Labute approximate surface area is 118 Å². The Hall–Kier alpha value is -2.42. The maximum atomic E-state index is 5.39. The molecule has 20 heavy (non-hydrogen) atoms. The first-order valence-corrected chi connectivity index (χ1v) is 6.56. The van der Waals surface area contributed by atoms with E-state index in [1.807, 2.05) is 24.3 Å². The summed E-state index contributed by atoms with van der Waals surface area (Å²) in [5, 5.41) is 1.14. The van der Waals surface area contributed by atoms with Crippen LogP contribution < -0.4 is 9.47 Å². The first-order valence-electron chi connectivity index (χ1n) is 6.56. The van der Waals surface area contributed by atoms with Crippen molar-refractivity contribution in [2.45, 2.75) is 6.54 Å². The molecule has 0 saturated heterocycles. The Morgan fingerprint density at radius 1 is 0.950 bits per heavy atom. The first kappa shape index (κ1) is 12.6. The summed E-state index contributed by atoms with van der Waals surface area (Å²) in [5.74, 6) is 1.79. The quantitative estimate of drug-likeness (QED) is 0.719. The lowest BCUT2D eigenvalue weighted by Crippen LogP contribution is -1.98. The average Bonchev–Trinajstić information content (AvgIpc) is 2.90. The first-order chi connectivity index (χ1) is 9.81. The Morgan fingerprint density at radius 2 is 1.80 bits per heavy atom. The van der Waals surface area contributed by atoms with E-state index in [-0.39, 0.29) is 0 Å². The van der Waals surface area contributed by atoms with Crippen LogP contribution in [0.2, 0.25) is 0 Å². The fourth-order valence-corrected chi connectivity index (χ4v) is 2.48. The summed E-state index contributed by atoms with van der Waals surface area (Å²) in [5.41, 5.74) is 2.39. The van der Waals surface area contributed by atoms with Crippen molar-refractivity contribution in [3.63, 3.8) is 0 Å². The predicted octanol–water partition coefficient (Wildman–Crippen LogP) is 3.71. The topological polar surface area (TPSA) is 23.4 Å². The van der Waals surface area contributed by atoms with Crippen molar-refractivity contribution >= 4 is 10.9 Å². The molecule has 102 valence electrons. The summed E-state index contributed by atoms with van der Waals surface area (Å²) in [6.45, 7) is 0.813. The fourth-order valence-electron chi connectivity index (χ4n) is 2.48. The lowest BCUT2D eigenvalue weighted by Gasteiger charge is -2.08. The average molecular weight is 267 g/mol. The Bertz CT molecular complexity index is 731. The molecule has 0 saturated carbocycles. The molecule has 0 N–H and O–H groups in total. The Morgan fingerprint density at radius 3 is 2.60 bits per heavy atom. The number of ether oxygens (including phenoxy) is 2. The zero-order chi connectivity index (χ0) is 13.9. The number of nitrogens with zero attached hydrogens (tertiary/aromatic N) is 1. The van der Waals surface area contributed by atoms with Crippen molar-refractivity contribution < 1.29 is 9.47 Å². The number of benzene rings is 2. The summed E-state index contributed by atoms with van der Waals surface area (Å²) >= 11 is 0. The molecule has 2 aromatic carbocycles. The number of fused-ring (bicyclic) bond motifs is 1. The molecule has 3 rings (SSSR count). The van der Waals surface area contributed by atoms with Gasteiger partial charge >= 0.3 is 0 Å². The molecule has 0 bridgehead atoms. The summed E-state index contributed by atoms with van der Waals surface area (Å²) in [7, 11) is 3.39. The predicted molar refractivity (Wildman–Crippen MR) is 80.6 cm³/mol. The number of aromatic nitrogens is 1. The van der Waals surface area contributed by atoms with Gasteiger partial charge in [-0.15, -0.1) is 0 Å². The minimum atomic E-state index is 0.813. The van der Waals surface area contributed by atoms with E-state index in [0.717, 1.165) is 23.4 Å². The summed E-state index contributed by atoms with van der Waals surface area (Å²) in [4.78, 5) is 0. The van der Waals surface area contributed by atoms with Gasteiger partial charge in [0.05, 0.1) is 19.7 Å². The van der Waals surface area contributed by atoms with Crippen LogP contribution in [-0.2, 0) is 6.54 Å². The van der Waals surface area contributed by atoms with E-state index in [1.165, 1.54) is 11.1 Å². The number of methoxy groups -OCH3 is 2. The highest BCUT2D eigenvalue weighted by Crippen LogP contribution is 2.27. The van der Waals surface area contributed by atoms with Gasteiger partial charge in [0, 0.05) is 18.1 Å². The highest BCUT2D eigenvalue weighted by atomic mass is 16.5. The summed E-state index contributed by atoms with van der Waals surface area (Å²) < 4.78 is 12.9. The van der Waals surface area contributed by atoms with Crippen LogP contribution in [0.25, 0.3) is 10.9 Å². The zero-order valence-corrected chi connectivity index (χ0v) is 11.7. The van der Waals surface area contributed by atoms with Gasteiger partial charge in [-0.05, 0) is 35.9 Å². The monoisotopic (exact) mass is 267 g/mol. The van der Waals surface area contributed by atoms with Gasteiger partial charge in [-0.25, -0.2) is 0 Å². The third-order valence-corrected chi connectivity index (χ3v) is 3.48. The third-order valence-electron chi connectivity index (χ3n) is 3.48. The third kappa shape index (κ3) is 2.23. The van der Waals surface area contributed by atoms with E-state index >= 15 is 0 Å². The number of rotatable bonds is 4. The van der Waals surface area contributed by atoms with E-state index < -0.39 is 0 Å². The van der Waals surface area contributed by atoms with E-state index in [4.69, 9.17) is 9.47 Å². The van der Waals surface area contributed by atoms with Crippen molar-refractivity contribution in [2.24, 2.45) is 0 Å². The standard InChI is InChI=1S/C17H17NO2/c1-19-14-6-3-5-13(11-14)12-18-10-9-15-16(18)7-4-8-17(15)20-2/h3-11H,12H2,1-2H3. The number of hydrogen-bond acceptors (Lipinski definition) is 2. The van der Waals surface area contributed by atoms with Crippen LogP contribution in [0.5, 0.6) is 11.5 Å². The smallest absolute Gasteiger partial charge is 0.128 e. The highest BCUT2D eigenvalue weighted by molar-refractivity contribution is 5.86. The lowest BCUT2D eigenvalue weighted by atomic mass is 10.2. The van der Waals surface area contributed by atoms with Crippen molar-refractivity contribution in [1.82, 2.24) is 4.57 Å². The molecule has 0 radical (unpaired) electrons. The fraction of sp³-hybridized carbons (Fsp3) is 0.176. The second-order valence-corrected chi connectivity index (χ2v) is 4.69. The molecule has 0 atom stereocenters. The minimum Gasteiger partial charge on any atom is -0.497 e. The summed E-state index contributed by atoms with van der Waals surface area (Å²) in [6, 6.07) is 16.3. The molecule has 3 heteroatoms. The van der Waals surface area contributed by atoms with Crippen LogP contribution in [0.1, 0.15) is 5.56 Å². The number of hydrogen-bond donors (Lipinski definition) is 0. The minimum absolute atomic E-state index is 0.813. The van der Waals surface area contributed by atoms with Gasteiger partial charge in [0.2, 0.25) is 0 Å². The van der Waals surface area contributed by atoms with E-state index in [0.29, 0.717) is 0 Å². The van der Waals surface area contributed by atoms with Gasteiger partial charge in [0.15, 0.2) is 0 Å². The van der Waals surface area contributed by atoms with E-state index in [1.54, 1.807) is 14.2 Å². The molecular weight excluding hydrogens is 250 g/mol. The van der Waals surface area contributed by atoms with Crippen LogP contribution in [-0.4, -0.2) is 18.8 Å². The van der Waals surface area contributed by atoms with Gasteiger partial charge in [0.1, 0.15) is 11.5 Å². The normalized spacial score (nSPS) is 10.7. The van der Waals surface area contributed by atoms with Crippen LogP contribution in [0.3, 0.4) is 0 Å². The largest absolute Gasteiger partial charge is 0.497 e. The van der Waals surface area contributed by atoms with Gasteiger partial charge in [-0.2, -0.15) is 0 Å². The van der Waals surface area contributed by atoms with Crippen molar-refractivity contribution in [3.8, 4) is 11.5 Å². The molecule has 0 spiro atoms. The molecule has 0 aliphatic carbocycles. The highest BCUT2D eigenvalue weighted by Gasteiger charge is 2.06. The van der Waals surface area contributed by atoms with Crippen LogP contribution in [0, 0.1) is 0 Å². The van der Waals surface area contributed by atoms with Gasteiger partial charge in [-0.1, -0.05) is 18.2 Å². The molecule has 0 aliphatic rings. The Kier molecular flexibility index (Phi) is 3.33. The lowest BCUT2D eigenvalue weighted by molar-refractivity contribution is 0.414. The SMILES string of the molecule is COc1cccc(Cn2ccc3c(OC)cccc32)c1. The second-order valence-electron chi connectivity index (χ2n) is 4.69. The zero-order valence-electron chi connectivity index (χ0n) is 11.7. The molecule has 3 aromatic rings. The van der Waals surface area contributed by atoms with Crippen LogP contribution >= 0.6 is 0 Å². The van der Waals surface area contributed by atoms with Crippen molar-refractivity contribution in [3.05, 3.63) is 60.3 Å². The van der Waals surface area contributed by atoms with Gasteiger partial charge in [0.25, 0.3) is 0 Å². The van der Waals surface area contributed by atoms with Crippen molar-refractivity contribution in [1.29, 1.82) is 0 Å². The molecule has 3 nitrogen and oxygen atoms in total. The van der Waals surface area contributed by atoms with Crippen LogP contribution in [0.4, 0.5) is 0 Å². The molecule has 0 unspecified atom stereocenters. The molecule has 1 aromatic heterocycles. The van der Waals surface area contributed by atoms with E-state index in [9.17, 15) is 0 Å². The Balaban J connectivity index is 1.98. The molecule has 0 fully saturated rings. The molecule has 1 heterocycles. The summed E-state index contributed by atoms with van der Waals surface area (Å²) in [6.07, 6.45) is 2.09. The molecular formula is C17H17NO2. The maximum Gasteiger partial charge on any atom is 0.128 e. The van der Waals surface area contributed by atoms with Crippen molar-refractivity contribution in [2.75, 3.05) is 14.2 Å². The van der Waals surface area contributed by atoms with E-state index in [2.05, 4.69) is 35.0 Å². The van der Waals surface area contributed by atoms with Crippen LogP contribution in [0.15, 0.2) is 54.7 Å². The second kappa shape index (κ2) is 5.29.